The summed E-state index contributed by atoms with van der Waals surface area (Å²) < 4.78 is 1.08. The monoisotopic (exact) mass is 472 g/mol. The maximum Gasteiger partial charge on any atom is 0.243 e. The van der Waals surface area contributed by atoms with Crippen LogP contribution in [0.3, 0.4) is 0 Å². The highest BCUT2D eigenvalue weighted by Gasteiger charge is 2.27. The number of carbonyl (C=O) groups excluding carboxylic acids is 3. The van der Waals surface area contributed by atoms with E-state index in [0.29, 0.717) is 25.8 Å². The van der Waals surface area contributed by atoms with Crippen molar-refractivity contribution < 1.29 is 14.4 Å². The molecule has 1 heterocycles. The molecule has 1 aromatic carbocycles. The predicted molar refractivity (Wildman–Crippen MR) is 134 cm³/mol. The predicted octanol–water partition coefficient (Wildman–Crippen LogP) is 3.52. The van der Waals surface area contributed by atoms with E-state index >= 15 is 0 Å². The molecule has 0 bridgehead atoms. The summed E-state index contributed by atoms with van der Waals surface area (Å²) in [5, 5.41) is 9.49. The Hall–Kier alpha value is -2.74. The minimum atomic E-state index is -0.739. The average molecular weight is 473 g/mol. The Balaban J connectivity index is 2.21. The number of hydrogen-bond acceptors (Lipinski definition) is 5. The Morgan fingerprint density at radius 1 is 1.18 bits per heavy atom. The summed E-state index contributed by atoms with van der Waals surface area (Å²) in [4.78, 5) is 41.9. The molecule has 1 aromatic heterocycles. The van der Waals surface area contributed by atoms with Gasteiger partial charge >= 0.3 is 0 Å². The topological polar surface area (TPSA) is 100 Å². The van der Waals surface area contributed by atoms with E-state index in [2.05, 4.69) is 46.6 Å². The molecule has 8 heteroatoms. The summed E-state index contributed by atoms with van der Waals surface area (Å²) in [5.74, 6) is -0.578. The number of amides is 3. The Bertz CT molecular complexity index is 972. The van der Waals surface area contributed by atoms with E-state index in [0.717, 1.165) is 28.1 Å². The molecule has 0 aliphatic carbocycles. The van der Waals surface area contributed by atoms with Gasteiger partial charge in [-0.15, -0.1) is 11.3 Å². The van der Waals surface area contributed by atoms with Crippen LogP contribution in [0.25, 0.3) is 10.2 Å². The fraction of sp³-hybridized carbons (Fsp3) is 0.520. The van der Waals surface area contributed by atoms with Gasteiger partial charge in [0.15, 0.2) is 0 Å². The van der Waals surface area contributed by atoms with Crippen molar-refractivity contribution in [2.75, 3.05) is 6.54 Å². The standard InChI is InChI=1S/C25H36N4O3S/c1-6-10-23(31)27-19(14-24-28-18-12-11-17(8-3)13-21(18)33-24)25(32)29-20(16(5)7-2)15-26-22(30)9-4/h9,11-13,16,19-20H,4,6-8,10,14-15H2,1-3,5H3,(H,26,30)(H,27,31)(H,29,32)/t16-,19-,20+/m0/s1. The number of nitrogens with zero attached hydrogens (tertiary/aromatic N) is 1. The molecule has 0 saturated heterocycles. The summed E-state index contributed by atoms with van der Waals surface area (Å²) in [6.45, 7) is 11.8. The Morgan fingerprint density at radius 2 is 1.94 bits per heavy atom. The largest absolute Gasteiger partial charge is 0.351 e. The van der Waals surface area contributed by atoms with E-state index in [1.165, 1.54) is 11.6 Å². The summed E-state index contributed by atoms with van der Waals surface area (Å²) in [7, 11) is 0. The van der Waals surface area contributed by atoms with Gasteiger partial charge in [0, 0.05) is 25.4 Å². The molecule has 180 valence electrons. The maximum atomic E-state index is 13.3. The molecule has 0 radical (unpaired) electrons. The normalized spacial score (nSPS) is 13.7. The summed E-state index contributed by atoms with van der Waals surface area (Å²) in [6, 6.07) is 5.19. The number of hydrogen-bond donors (Lipinski definition) is 3. The third-order valence-corrected chi connectivity index (χ3v) is 6.79. The van der Waals surface area contributed by atoms with E-state index in [9.17, 15) is 14.4 Å². The minimum absolute atomic E-state index is 0.140. The average Bonchev–Trinajstić information content (AvgIpc) is 3.21. The molecule has 7 nitrogen and oxygen atoms in total. The Labute approximate surface area is 200 Å². The van der Waals surface area contributed by atoms with E-state index in [1.54, 1.807) is 11.3 Å². The zero-order chi connectivity index (χ0) is 24.4. The van der Waals surface area contributed by atoms with Crippen LogP contribution in [0.5, 0.6) is 0 Å². The molecule has 0 aliphatic heterocycles. The first-order chi connectivity index (χ1) is 15.8. The van der Waals surface area contributed by atoms with E-state index in [1.807, 2.05) is 26.8 Å². The van der Waals surface area contributed by atoms with Crippen molar-refractivity contribution in [1.82, 2.24) is 20.9 Å². The molecule has 0 unspecified atom stereocenters. The second-order valence-corrected chi connectivity index (χ2v) is 9.40. The number of fused-ring (bicyclic) bond motifs is 1. The van der Waals surface area contributed by atoms with Crippen LogP contribution in [0.1, 0.15) is 57.5 Å². The van der Waals surface area contributed by atoms with Crippen molar-refractivity contribution in [2.45, 2.75) is 71.9 Å². The number of aromatic nitrogens is 1. The number of aryl methyl sites for hydroxylation is 1. The van der Waals surface area contributed by atoms with Crippen LogP contribution in [0.2, 0.25) is 0 Å². The first-order valence-corrected chi connectivity index (χ1v) is 12.5. The van der Waals surface area contributed by atoms with Crippen LogP contribution >= 0.6 is 11.3 Å². The lowest BCUT2D eigenvalue weighted by molar-refractivity contribution is -0.129. The van der Waals surface area contributed by atoms with Gasteiger partial charge in [-0.25, -0.2) is 4.98 Å². The number of thiazole rings is 1. The number of benzene rings is 1. The Morgan fingerprint density at radius 3 is 2.58 bits per heavy atom. The highest BCUT2D eigenvalue weighted by Crippen LogP contribution is 2.24. The summed E-state index contributed by atoms with van der Waals surface area (Å²) in [6.07, 6.45) is 4.35. The third kappa shape index (κ3) is 7.96. The fourth-order valence-electron chi connectivity index (χ4n) is 3.45. The van der Waals surface area contributed by atoms with Crippen molar-refractivity contribution >= 4 is 39.3 Å². The quantitative estimate of drug-likeness (QED) is 0.388. The van der Waals surface area contributed by atoms with Crippen molar-refractivity contribution in [1.29, 1.82) is 0 Å². The molecule has 3 amide bonds. The lowest BCUT2D eigenvalue weighted by Crippen LogP contribution is -2.54. The van der Waals surface area contributed by atoms with Crippen LogP contribution in [0.15, 0.2) is 30.9 Å². The van der Waals surface area contributed by atoms with Gasteiger partial charge in [0.05, 0.1) is 15.2 Å². The van der Waals surface area contributed by atoms with E-state index in [-0.39, 0.29) is 29.7 Å². The molecular weight excluding hydrogens is 436 g/mol. The van der Waals surface area contributed by atoms with Crippen LogP contribution in [-0.2, 0) is 27.2 Å². The molecule has 3 N–H and O–H groups in total. The first kappa shape index (κ1) is 26.5. The highest BCUT2D eigenvalue weighted by molar-refractivity contribution is 7.18. The highest BCUT2D eigenvalue weighted by atomic mass is 32.1. The van der Waals surface area contributed by atoms with Crippen LogP contribution < -0.4 is 16.0 Å². The molecule has 2 aromatic rings. The lowest BCUT2D eigenvalue weighted by Gasteiger charge is -2.27. The molecule has 2 rings (SSSR count). The second-order valence-electron chi connectivity index (χ2n) is 8.29. The maximum absolute atomic E-state index is 13.3. The van der Waals surface area contributed by atoms with Crippen molar-refractivity contribution in [3.8, 4) is 0 Å². The molecule has 33 heavy (non-hydrogen) atoms. The smallest absolute Gasteiger partial charge is 0.243 e. The van der Waals surface area contributed by atoms with Gasteiger partial charge in [0.25, 0.3) is 0 Å². The molecule has 0 saturated carbocycles. The van der Waals surface area contributed by atoms with Gasteiger partial charge in [-0.2, -0.15) is 0 Å². The molecule has 3 atom stereocenters. The summed E-state index contributed by atoms with van der Waals surface area (Å²) in [5.41, 5.74) is 2.14. The van der Waals surface area contributed by atoms with Crippen molar-refractivity contribution in [3.05, 3.63) is 41.4 Å². The van der Waals surface area contributed by atoms with Crippen LogP contribution in [-0.4, -0.2) is 41.3 Å². The van der Waals surface area contributed by atoms with Gasteiger partial charge in [-0.1, -0.05) is 46.8 Å². The van der Waals surface area contributed by atoms with Crippen molar-refractivity contribution in [3.63, 3.8) is 0 Å². The van der Waals surface area contributed by atoms with E-state index in [4.69, 9.17) is 0 Å². The second kappa shape index (κ2) is 13.1. The number of carbonyl (C=O) groups is 3. The van der Waals surface area contributed by atoms with Gasteiger partial charge < -0.3 is 16.0 Å². The van der Waals surface area contributed by atoms with Gasteiger partial charge in [-0.05, 0) is 42.5 Å². The molecular formula is C25H36N4O3S. The van der Waals surface area contributed by atoms with Crippen LogP contribution in [0.4, 0.5) is 0 Å². The van der Waals surface area contributed by atoms with Crippen LogP contribution in [0, 0.1) is 5.92 Å². The van der Waals surface area contributed by atoms with Crippen molar-refractivity contribution in [2.24, 2.45) is 5.92 Å². The van der Waals surface area contributed by atoms with E-state index < -0.39 is 6.04 Å². The molecule has 0 fully saturated rings. The zero-order valence-electron chi connectivity index (χ0n) is 20.1. The third-order valence-electron chi connectivity index (χ3n) is 5.75. The fourth-order valence-corrected chi connectivity index (χ4v) is 4.52. The van der Waals surface area contributed by atoms with Gasteiger partial charge in [0.2, 0.25) is 17.7 Å². The SMILES string of the molecule is C=CC(=O)NC[C@@H](NC(=O)[C@H](Cc1nc2ccc(CC)cc2s1)NC(=O)CCC)[C@@H](C)CC. The number of nitrogens with one attached hydrogen (secondary N) is 3. The molecule has 0 spiro atoms. The molecule has 0 aliphatic rings. The number of rotatable bonds is 13. The first-order valence-electron chi connectivity index (χ1n) is 11.7. The van der Waals surface area contributed by atoms with Gasteiger partial charge in [0.1, 0.15) is 6.04 Å². The minimum Gasteiger partial charge on any atom is -0.351 e. The lowest BCUT2D eigenvalue weighted by atomic mass is 9.98. The Kier molecular flexibility index (Phi) is 10.5. The zero-order valence-corrected chi connectivity index (χ0v) is 20.9. The van der Waals surface area contributed by atoms with Gasteiger partial charge in [-0.3, -0.25) is 14.4 Å². The summed E-state index contributed by atoms with van der Waals surface area (Å²) >= 11 is 1.55.